The second kappa shape index (κ2) is 5.39. The van der Waals surface area contributed by atoms with Crippen molar-refractivity contribution in [3.8, 4) is 0 Å². The van der Waals surface area contributed by atoms with Crippen molar-refractivity contribution in [2.24, 2.45) is 0 Å². The highest BCUT2D eigenvalue weighted by Gasteiger charge is 2.00. The van der Waals surface area contributed by atoms with Crippen LogP contribution >= 0.6 is 0 Å². The van der Waals surface area contributed by atoms with Gasteiger partial charge < -0.3 is 4.74 Å². The highest BCUT2D eigenvalue weighted by Crippen LogP contribution is 1.98. The molecule has 12 heavy (non-hydrogen) atoms. The van der Waals surface area contributed by atoms with E-state index in [0.717, 1.165) is 5.57 Å². The minimum absolute atomic E-state index is 0.334. The van der Waals surface area contributed by atoms with Crippen LogP contribution in [0.4, 0.5) is 0 Å². The molecule has 0 spiro atoms. The molecule has 0 saturated heterocycles. The highest BCUT2D eigenvalue weighted by atomic mass is 16.5. The maximum Gasteiger partial charge on any atom is 0.341 e. The maximum atomic E-state index is 10.9. The number of hydrogen-bond donors (Lipinski definition) is 0. The largest absolute Gasteiger partial charge is 0.465 e. The Bertz CT molecular complexity index is 253. The monoisotopic (exact) mass is 166 g/mol. The Kier molecular flexibility index (Phi) is 4.82. The fourth-order valence-electron chi connectivity index (χ4n) is 0.792. The van der Waals surface area contributed by atoms with Crippen molar-refractivity contribution >= 4 is 5.97 Å². The van der Waals surface area contributed by atoms with E-state index in [0.29, 0.717) is 5.57 Å². The van der Waals surface area contributed by atoms with Crippen molar-refractivity contribution in [3.05, 3.63) is 29.0 Å². The molecular weight excluding hydrogens is 152 g/mol. The first-order valence-electron chi connectivity index (χ1n) is 3.77. The normalized spacial score (nSPS) is 9.33. The van der Waals surface area contributed by atoms with Crippen molar-refractivity contribution in [2.75, 3.05) is 7.11 Å². The number of rotatable bonds is 2. The van der Waals surface area contributed by atoms with E-state index >= 15 is 0 Å². The van der Waals surface area contributed by atoms with Gasteiger partial charge >= 0.3 is 5.97 Å². The molecule has 0 unspecified atom stereocenters. The molecule has 0 N–H and O–H groups in total. The number of carbonyl (C=O) groups excluding carboxylic acids is 1. The van der Waals surface area contributed by atoms with Crippen molar-refractivity contribution in [1.82, 2.24) is 0 Å². The fourth-order valence-corrected chi connectivity index (χ4v) is 0.792. The van der Waals surface area contributed by atoms with Gasteiger partial charge in [-0.3, -0.25) is 0 Å². The molecule has 0 aromatic carbocycles. The minimum atomic E-state index is -0.334. The molecule has 0 aromatic rings. The lowest BCUT2D eigenvalue weighted by Gasteiger charge is -1.93. The molecule has 0 rings (SSSR count). The summed E-state index contributed by atoms with van der Waals surface area (Å²) in [6.45, 7) is 5.48. The summed E-state index contributed by atoms with van der Waals surface area (Å²) in [6.07, 6.45) is 3.78. The van der Waals surface area contributed by atoms with Gasteiger partial charge in [0.05, 0.1) is 12.7 Å². The molecular formula is C10H14O2. The lowest BCUT2D eigenvalue weighted by atomic mass is 10.2. The van der Waals surface area contributed by atoms with Crippen LogP contribution in [0.2, 0.25) is 0 Å². The van der Waals surface area contributed by atoms with Crippen LogP contribution in [-0.2, 0) is 9.53 Å². The Morgan fingerprint density at radius 2 is 2.00 bits per heavy atom. The second-order valence-electron chi connectivity index (χ2n) is 2.42. The number of carbonyl (C=O) groups is 1. The average molecular weight is 166 g/mol. The molecule has 0 aliphatic heterocycles. The first-order chi connectivity index (χ1) is 5.61. The van der Waals surface area contributed by atoms with E-state index in [-0.39, 0.29) is 5.97 Å². The number of hydrogen-bond acceptors (Lipinski definition) is 2. The Morgan fingerprint density at radius 1 is 1.42 bits per heavy atom. The predicted octanol–water partition coefficient (Wildman–Crippen LogP) is 2.23. The van der Waals surface area contributed by atoms with Crippen molar-refractivity contribution in [2.45, 2.75) is 20.8 Å². The molecule has 0 amide bonds. The molecule has 0 aliphatic carbocycles. The summed E-state index contributed by atoms with van der Waals surface area (Å²) >= 11 is 0. The van der Waals surface area contributed by atoms with Gasteiger partial charge in [-0.25, -0.2) is 4.79 Å². The van der Waals surface area contributed by atoms with E-state index in [1.54, 1.807) is 6.92 Å². The summed E-state index contributed by atoms with van der Waals surface area (Å²) in [6, 6.07) is 0. The first-order valence-corrected chi connectivity index (χ1v) is 3.77. The summed E-state index contributed by atoms with van der Waals surface area (Å²) in [5, 5.41) is 0. The average Bonchev–Trinajstić information content (AvgIpc) is 2.03. The van der Waals surface area contributed by atoms with E-state index in [9.17, 15) is 4.79 Å². The number of methoxy groups -OCH3 is 1. The topological polar surface area (TPSA) is 26.3 Å². The van der Waals surface area contributed by atoms with Gasteiger partial charge in [-0.05, 0) is 26.3 Å². The molecule has 0 radical (unpaired) electrons. The van der Waals surface area contributed by atoms with Crippen LogP contribution in [0.5, 0.6) is 0 Å². The van der Waals surface area contributed by atoms with Crippen molar-refractivity contribution in [3.63, 3.8) is 0 Å². The highest BCUT2D eigenvalue weighted by molar-refractivity contribution is 5.87. The van der Waals surface area contributed by atoms with E-state index in [1.807, 2.05) is 26.0 Å². The molecule has 0 fully saturated rings. The van der Waals surface area contributed by atoms with Gasteiger partial charge in [-0.2, -0.15) is 0 Å². The minimum Gasteiger partial charge on any atom is -0.465 e. The molecule has 0 bridgehead atoms. The zero-order valence-corrected chi connectivity index (χ0v) is 7.97. The van der Waals surface area contributed by atoms with Crippen LogP contribution in [0.25, 0.3) is 0 Å². The molecule has 0 saturated carbocycles. The fraction of sp³-hybridized carbons (Fsp3) is 0.400. The molecule has 0 atom stereocenters. The molecule has 2 nitrogen and oxygen atoms in total. The Morgan fingerprint density at radius 3 is 2.42 bits per heavy atom. The molecule has 2 heteroatoms. The van der Waals surface area contributed by atoms with Crippen LogP contribution in [0, 0.1) is 0 Å². The van der Waals surface area contributed by atoms with Gasteiger partial charge in [0.15, 0.2) is 0 Å². The zero-order valence-electron chi connectivity index (χ0n) is 7.97. The third-order valence-electron chi connectivity index (χ3n) is 1.29. The Labute approximate surface area is 73.2 Å². The van der Waals surface area contributed by atoms with E-state index in [2.05, 4.69) is 10.5 Å². The summed E-state index contributed by atoms with van der Waals surface area (Å²) in [7, 11) is 1.36. The van der Waals surface area contributed by atoms with Crippen LogP contribution in [0.15, 0.2) is 29.0 Å². The van der Waals surface area contributed by atoms with Gasteiger partial charge in [0.25, 0.3) is 0 Å². The summed E-state index contributed by atoms with van der Waals surface area (Å²) in [4.78, 5) is 10.9. The third-order valence-corrected chi connectivity index (χ3v) is 1.29. The van der Waals surface area contributed by atoms with Gasteiger partial charge in [-0.1, -0.05) is 12.2 Å². The summed E-state index contributed by atoms with van der Waals surface area (Å²) < 4.78 is 4.52. The van der Waals surface area contributed by atoms with Crippen molar-refractivity contribution in [1.29, 1.82) is 0 Å². The van der Waals surface area contributed by atoms with Crippen LogP contribution in [0.3, 0.4) is 0 Å². The Balaban J connectivity index is 4.73. The zero-order chi connectivity index (χ0) is 9.56. The first kappa shape index (κ1) is 10.7. The van der Waals surface area contributed by atoms with Gasteiger partial charge in [0.2, 0.25) is 0 Å². The van der Waals surface area contributed by atoms with E-state index < -0.39 is 0 Å². The molecule has 0 aliphatic rings. The van der Waals surface area contributed by atoms with Crippen LogP contribution in [-0.4, -0.2) is 13.1 Å². The summed E-state index contributed by atoms with van der Waals surface area (Å²) in [5.74, 6) is -0.334. The second-order valence-corrected chi connectivity index (χ2v) is 2.42. The number of allylic oxidation sites excluding steroid dienone is 2. The lowest BCUT2D eigenvalue weighted by molar-refractivity contribution is -0.136. The number of ether oxygens (including phenoxy) is 1. The summed E-state index contributed by atoms with van der Waals surface area (Å²) in [5.41, 5.74) is 4.31. The molecule has 0 heterocycles. The Hall–Kier alpha value is -1.27. The quantitative estimate of drug-likeness (QED) is 0.272. The van der Waals surface area contributed by atoms with E-state index in [1.165, 1.54) is 7.11 Å². The maximum absolute atomic E-state index is 10.9. The smallest absolute Gasteiger partial charge is 0.341 e. The van der Waals surface area contributed by atoms with E-state index in [4.69, 9.17) is 0 Å². The number of esters is 1. The van der Waals surface area contributed by atoms with Gasteiger partial charge in [0, 0.05) is 0 Å². The van der Waals surface area contributed by atoms with Crippen LogP contribution < -0.4 is 0 Å². The lowest BCUT2D eigenvalue weighted by Crippen LogP contribution is -2.00. The SMILES string of the molecule is C/C=C/C(C)=C=C(C)C(=O)OC. The standard InChI is InChI=1S/C10H14O2/c1-5-6-8(2)7-9(3)10(11)12-4/h5-6H,1-4H3/b6-5+. The predicted molar refractivity (Wildman–Crippen MR) is 48.7 cm³/mol. The molecule has 66 valence electrons. The van der Waals surface area contributed by atoms with Gasteiger partial charge in [0.1, 0.15) is 0 Å². The van der Waals surface area contributed by atoms with Gasteiger partial charge in [-0.15, -0.1) is 5.73 Å². The molecule has 0 aromatic heterocycles. The van der Waals surface area contributed by atoms with Crippen LogP contribution in [0.1, 0.15) is 20.8 Å². The van der Waals surface area contributed by atoms with Crippen molar-refractivity contribution < 1.29 is 9.53 Å². The third kappa shape index (κ3) is 3.79.